The normalized spacial score (nSPS) is 31.8. The van der Waals surface area contributed by atoms with Gasteiger partial charge in [-0.1, -0.05) is 24.3 Å². The van der Waals surface area contributed by atoms with E-state index in [4.69, 9.17) is 14.6 Å². The highest BCUT2D eigenvalue weighted by Crippen LogP contribution is 2.46. The Bertz CT molecular complexity index is 1000. The van der Waals surface area contributed by atoms with Crippen molar-refractivity contribution in [2.75, 3.05) is 19.8 Å². The average Bonchev–Trinajstić information content (AvgIpc) is 3.66. The van der Waals surface area contributed by atoms with Crippen molar-refractivity contribution in [2.24, 2.45) is 35.5 Å². The fourth-order valence-electron chi connectivity index (χ4n) is 5.80. The van der Waals surface area contributed by atoms with E-state index in [1.807, 2.05) is 24.3 Å². The van der Waals surface area contributed by atoms with Gasteiger partial charge in [-0.25, -0.2) is 4.79 Å². The van der Waals surface area contributed by atoms with Gasteiger partial charge in [0.05, 0.1) is 18.1 Å². The molecule has 0 radical (unpaired) electrons. The summed E-state index contributed by atoms with van der Waals surface area (Å²) in [5, 5.41) is 20.8. The third kappa shape index (κ3) is 6.22. The van der Waals surface area contributed by atoms with Crippen LogP contribution in [0.3, 0.4) is 0 Å². The molecule has 4 aliphatic rings. The molecule has 3 N–H and O–H groups in total. The highest BCUT2D eigenvalue weighted by Gasteiger charge is 2.72. The number of carbonyl (C=O) groups is 2. The number of rotatable bonds is 12. The predicted molar refractivity (Wildman–Crippen MR) is 121 cm³/mol. The van der Waals surface area contributed by atoms with Crippen molar-refractivity contribution in [1.82, 2.24) is 5.32 Å². The monoisotopic (exact) mass is 571 g/mol. The molecule has 1 amide bonds. The van der Waals surface area contributed by atoms with E-state index < -0.39 is 67.6 Å². The van der Waals surface area contributed by atoms with E-state index in [2.05, 4.69) is 10.1 Å². The number of allylic oxidation sites excluding steroid dienone is 4. The molecule has 4 aliphatic carbocycles. The number of carbonyl (C=O) groups excluding carboxylic acids is 2. The van der Waals surface area contributed by atoms with Gasteiger partial charge in [-0.05, 0) is 56.3 Å². The van der Waals surface area contributed by atoms with E-state index in [0.29, 0.717) is 18.8 Å². The zero-order valence-corrected chi connectivity index (χ0v) is 21.0. The molecule has 2 fully saturated rings. The molecule has 0 aromatic heterocycles. The molecule has 0 aromatic carbocycles. The topological polar surface area (TPSA) is 114 Å². The van der Waals surface area contributed by atoms with Crippen molar-refractivity contribution in [2.45, 2.75) is 62.4 Å². The van der Waals surface area contributed by atoms with Crippen molar-refractivity contribution < 1.29 is 60.4 Å². The molecule has 4 rings (SSSR count). The SMILES string of the molecule is CC(COC(=O)C1CC2C=CC1C2)(COC(O)C1CC2C=CC1C2)NC(=O)OCC(F)(F)C(F)(F)C(O)(F)F. The first-order chi connectivity index (χ1) is 18.0. The summed E-state index contributed by atoms with van der Waals surface area (Å²) in [7, 11) is 0. The number of esters is 1. The largest absolute Gasteiger partial charge is 0.463 e. The average molecular weight is 572 g/mol. The number of alkyl halides is 6. The smallest absolute Gasteiger partial charge is 0.423 e. The zero-order chi connectivity index (χ0) is 28.8. The summed E-state index contributed by atoms with van der Waals surface area (Å²) in [6.07, 6.45) is 1.78. The number of fused-ring (bicyclic) bond motifs is 4. The van der Waals surface area contributed by atoms with Crippen LogP contribution in [0.5, 0.6) is 0 Å². The molecular weight excluding hydrogens is 540 g/mol. The van der Waals surface area contributed by atoms with Crippen LogP contribution in [-0.2, 0) is 19.0 Å². The molecule has 39 heavy (non-hydrogen) atoms. The Labute approximate surface area is 220 Å². The Hall–Kier alpha value is -2.32. The molecular formula is C25H31F6NO7. The molecule has 8 unspecified atom stereocenters. The Balaban J connectivity index is 1.37. The number of nitrogens with one attached hydrogen (secondary N) is 1. The number of alkyl carbamates (subject to hydrolysis) is 1. The van der Waals surface area contributed by atoms with E-state index in [-0.39, 0.29) is 23.7 Å². The Morgan fingerprint density at radius 2 is 1.51 bits per heavy atom. The van der Waals surface area contributed by atoms with Gasteiger partial charge in [0.2, 0.25) is 0 Å². The number of hydrogen-bond acceptors (Lipinski definition) is 7. The lowest BCUT2D eigenvalue weighted by Crippen LogP contribution is -2.58. The van der Waals surface area contributed by atoms with Gasteiger partial charge in [0.25, 0.3) is 0 Å². The van der Waals surface area contributed by atoms with Crippen molar-refractivity contribution >= 4 is 12.1 Å². The fraction of sp³-hybridized carbons (Fsp3) is 0.760. The van der Waals surface area contributed by atoms with Gasteiger partial charge in [-0.2, -0.15) is 26.3 Å². The Morgan fingerprint density at radius 3 is 2.03 bits per heavy atom. The highest BCUT2D eigenvalue weighted by molar-refractivity contribution is 5.74. The zero-order valence-electron chi connectivity index (χ0n) is 21.0. The van der Waals surface area contributed by atoms with Crippen LogP contribution in [0.15, 0.2) is 24.3 Å². The van der Waals surface area contributed by atoms with Crippen molar-refractivity contribution in [3.05, 3.63) is 24.3 Å². The molecule has 8 atom stereocenters. The number of aliphatic hydroxyl groups is 2. The summed E-state index contributed by atoms with van der Waals surface area (Å²) in [5.41, 5.74) is -1.69. The van der Waals surface area contributed by atoms with E-state index in [9.17, 15) is 41.0 Å². The van der Waals surface area contributed by atoms with Crippen LogP contribution in [-0.4, -0.2) is 71.9 Å². The second-order valence-electron chi connectivity index (χ2n) is 11.2. The third-order valence-electron chi connectivity index (χ3n) is 8.01. The summed E-state index contributed by atoms with van der Waals surface area (Å²) in [6, 6.07) is 0. The summed E-state index contributed by atoms with van der Waals surface area (Å²) in [6.45, 7) is -2.25. The van der Waals surface area contributed by atoms with Crippen LogP contribution in [0, 0.1) is 35.5 Å². The minimum atomic E-state index is -6.23. The van der Waals surface area contributed by atoms with E-state index >= 15 is 0 Å². The number of amides is 1. The fourth-order valence-corrected chi connectivity index (χ4v) is 5.80. The van der Waals surface area contributed by atoms with Gasteiger partial charge in [0.1, 0.15) is 6.61 Å². The number of ether oxygens (including phenoxy) is 3. The van der Waals surface area contributed by atoms with Gasteiger partial charge in [-0.15, -0.1) is 0 Å². The molecule has 2 saturated carbocycles. The molecule has 220 valence electrons. The van der Waals surface area contributed by atoms with Gasteiger partial charge in [0.15, 0.2) is 12.9 Å². The number of hydrogen-bond donors (Lipinski definition) is 3. The Kier molecular flexibility index (Phi) is 8.05. The minimum Gasteiger partial charge on any atom is -0.463 e. The maximum atomic E-state index is 13.7. The van der Waals surface area contributed by atoms with Gasteiger partial charge in [0, 0.05) is 5.92 Å². The molecule has 0 spiro atoms. The quantitative estimate of drug-likeness (QED) is 0.142. The van der Waals surface area contributed by atoms with Crippen LogP contribution in [0.25, 0.3) is 0 Å². The van der Waals surface area contributed by atoms with Crippen LogP contribution in [0.4, 0.5) is 31.1 Å². The summed E-state index contributed by atoms with van der Waals surface area (Å²) in [4.78, 5) is 24.9. The van der Waals surface area contributed by atoms with Crippen molar-refractivity contribution in [3.63, 3.8) is 0 Å². The first-order valence-electron chi connectivity index (χ1n) is 12.6. The lowest BCUT2D eigenvalue weighted by atomic mass is 9.93. The second kappa shape index (κ2) is 10.6. The van der Waals surface area contributed by atoms with Gasteiger partial charge < -0.3 is 29.7 Å². The van der Waals surface area contributed by atoms with E-state index in [0.717, 1.165) is 12.8 Å². The van der Waals surface area contributed by atoms with Crippen LogP contribution >= 0.6 is 0 Å². The van der Waals surface area contributed by atoms with E-state index in [1.165, 1.54) is 6.92 Å². The first-order valence-corrected chi connectivity index (χ1v) is 12.6. The van der Waals surface area contributed by atoms with Crippen molar-refractivity contribution in [3.8, 4) is 0 Å². The number of halogens is 6. The standard InChI is InChI=1S/C25H31F6NO7/c1-22(10-37-19(33)17-8-13-2-4-15(17)6-13,11-38-20(34)18-9-14-3-5-16(18)7-14)32-21(35)39-12-23(26,27)24(28,29)25(30,31)36/h2-5,13-19,33,36H,6-12H2,1H3,(H,32,35). The van der Waals surface area contributed by atoms with Crippen molar-refractivity contribution in [1.29, 1.82) is 0 Å². The van der Waals surface area contributed by atoms with Crippen LogP contribution < -0.4 is 5.32 Å². The second-order valence-corrected chi connectivity index (χ2v) is 11.2. The first kappa shape index (κ1) is 29.7. The number of aliphatic hydroxyl groups excluding tert-OH is 1. The molecule has 14 heteroatoms. The molecule has 0 aliphatic heterocycles. The summed E-state index contributed by atoms with van der Waals surface area (Å²) in [5.74, 6) is -12.4. The molecule has 4 bridgehead atoms. The maximum absolute atomic E-state index is 13.7. The van der Waals surface area contributed by atoms with Gasteiger partial charge >= 0.3 is 30.0 Å². The molecule has 0 aromatic rings. The van der Waals surface area contributed by atoms with E-state index in [1.54, 1.807) is 0 Å². The summed E-state index contributed by atoms with van der Waals surface area (Å²) >= 11 is 0. The third-order valence-corrected chi connectivity index (χ3v) is 8.01. The predicted octanol–water partition coefficient (Wildman–Crippen LogP) is 3.63. The maximum Gasteiger partial charge on any atom is 0.423 e. The van der Waals surface area contributed by atoms with Crippen LogP contribution in [0.1, 0.15) is 32.6 Å². The lowest BCUT2D eigenvalue weighted by molar-refractivity contribution is -0.387. The van der Waals surface area contributed by atoms with Gasteiger partial charge in [-0.3, -0.25) is 4.79 Å². The minimum absolute atomic E-state index is 0.00384. The molecule has 0 saturated heterocycles. The van der Waals surface area contributed by atoms with Crippen LogP contribution in [0.2, 0.25) is 0 Å². The molecule has 0 heterocycles. The lowest BCUT2D eigenvalue weighted by Gasteiger charge is -2.33. The highest BCUT2D eigenvalue weighted by atomic mass is 19.3. The molecule has 8 nitrogen and oxygen atoms in total. The Morgan fingerprint density at radius 1 is 0.897 bits per heavy atom. The summed E-state index contributed by atoms with van der Waals surface area (Å²) < 4.78 is 94.0.